The molecule has 0 saturated heterocycles. The van der Waals surface area contributed by atoms with Gasteiger partial charge in [0.05, 0.1) is 12.6 Å². The lowest BCUT2D eigenvalue weighted by molar-refractivity contribution is -0.123. The topological polar surface area (TPSA) is 75.4 Å². The van der Waals surface area contributed by atoms with E-state index in [0.29, 0.717) is 6.42 Å². The molecule has 0 heterocycles. The molecule has 0 rings (SSSR count). The van der Waals surface area contributed by atoms with Crippen LogP contribution in [0.1, 0.15) is 33.1 Å². The number of amides is 1. The quantitative estimate of drug-likeness (QED) is 0.549. The third-order valence-corrected chi connectivity index (χ3v) is 1.87. The van der Waals surface area contributed by atoms with E-state index in [-0.39, 0.29) is 18.6 Å². The van der Waals surface area contributed by atoms with E-state index in [4.69, 9.17) is 10.8 Å². The average Bonchev–Trinajstić information content (AvgIpc) is 2.13. The average molecular weight is 188 g/mol. The number of nitrogens with one attached hydrogen (secondary N) is 1. The van der Waals surface area contributed by atoms with Crippen LogP contribution < -0.4 is 11.1 Å². The maximum Gasteiger partial charge on any atom is 0.237 e. The Morgan fingerprint density at radius 3 is 2.69 bits per heavy atom. The van der Waals surface area contributed by atoms with Gasteiger partial charge in [0.15, 0.2) is 0 Å². The smallest absolute Gasteiger partial charge is 0.237 e. The van der Waals surface area contributed by atoms with Gasteiger partial charge in [0.1, 0.15) is 0 Å². The van der Waals surface area contributed by atoms with Gasteiger partial charge in [0.2, 0.25) is 5.91 Å². The van der Waals surface area contributed by atoms with Crippen molar-refractivity contribution in [3.63, 3.8) is 0 Å². The van der Waals surface area contributed by atoms with Crippen LogP contribution in [-0.2, 0) is 4.79 Å². The van der Waals surface area contributed by atoms with E-state index in [1.165, 1.54) is 0 Å². The van der Waals surface area contributed by atoms with E-state index in [1.807, 2.05) is 0 Å². The number of hydrogen-bond acceptors (Lipinski definition) is 3. The second-order valence-electron chi connectivity index (χ2n) is 3.34. The van der Waals surface area contributed by atoms with Gasteiger partial charge < -0.3 is 16.2 Å². The Kier molecular flexibility index (Phi) is 6.54. The van der Waals surface area contributed by atoms with Crippen LogP contribution in [0.2, 0.25) is 0 Å². The van der Waals surface area contributed by atoms with E-state index in [0.717, 1.165) is 12.8 Å². The summed E-state index contributed by atoms with van der Waals surface area (Å²) in [7, 11) is 0. The summed E-state index contributed by atoms with van der Waals surface area (Å²) in [5, 5.41) is 11.3. The SMILES string of the molecule is CCCCC(N)C(=O)N[C@@H](C)CO. The van der Waals surface area contributed by atoms with Crippen LogP contribution in [0.3, 0.4) is 0 Å². The molecule has 0 radical (unpaired) electrons. The highest BCUT2D eigenvalue weighted by Crippen LogP contribution is 1.98. The summed E-state index contributed by atoms with van der Waals surface area (Å²) in [6.07, 6.45) is 2.71. The molecule has 78 valence electrons. The number of aliphatic hydroxyl groups is 1. The van der Waals surface area contributed by atoms with Crippen LogP contribution in [0, 0.1) is 0 Å². The molecule has 2 atom stereocenters. The van der Waals surface area contributed by atoms with Gasteiger partial charge in [-0.2, -0.15) is 0 Å². The zero-order valence-corrected chi connectivity index (χ0v) is 8.42. The molecule has 0 spiro atoms. The van der Waals surface area contributed by atoms with E-state index in [2.05, 4.69) is 12.2 Å². The van der Waals surface area contributed by atoms with Gasteiger partial charge >= 0.3 is 0 Å². The summed E-state index contributed by atoms with van der Waals surface area (Å²) in [4.78, 5) is 11.3. The van der Waals surface area contributed by atoms with Crippen molar-refractivity contribution in [3.8, 4) is 0 Å². The van der Waals surface area contributed by atoms with Crippen LogP contribution in [0.4, 0.5) is 0 Å². The van der Waals surface area contributed by atoms with Crippen molar-refractivity contribution in [1.29, 1.82) is 0 Å². The van der Waals surface area contributed by atoms with Crippen molar-refractivity contribution in [1.82, 2.24) is 5.32 Å². The first-order chi connectivity index (χ1) is 6.11. The number of carbonyl (C=O) groups excluding carboxylic acids is 1. The predicted molar refractivity (Wildman–Crippen MR) is 52.2 cm³/mol. The zero-order valence-electron chi connectivity index (χ0n) is 8.42. The molecule has 0 aromatic carbocycles. The molecule has 1 amide bonds. The van der Waals surface area contributed by atoms with Gasteiger partial charge in [0.25, 0.3) is 0 Å². The highest BCUT2D eigenvalue weighted by Gasteiger charge is 2.14. The number of hydrogen-bond donors (Lipinski definition) is 3. The molecule has 0 saturated carbocycles. The van der Waals surface area contributed by atoms with Gasteiger partial charge in [-0.25, -0.2) is 0 Å². The van der Waals surface area contributed by atoms with E-state index in [9.17, 15) is 4.79 Å². The Morgan fingerprint density at radius 1 is 1.62 bits per heavy atom. The minimum Gasteiger partial charge on any atom is -0.394 e. The third kappa shape index (κ3) is 5.60. The maximum atomic E-state index is 11.3. The first-order valence-corrected chi connectivity index (χ1v) is 4.78. The molecular weight excluding hydrogens is 168 g/mol. The molecule has 0 aromatic rings. The Bertz CT molecular complexity index is 151. The summed E-state index contributed by atoms with van der Waals surface area (Å²) in [6.45, 7) is 3.75. The van der Waals surface area contributed by atoms with Crippen molar-refractivity contribution in [2.45, 2.75) is 45.2 Å². The fourth-order valence-corrected chi connectivity index (χ4v) is 0.951. The van der Waals surface area contributed by atoms with E-state index >= 15 is 0 Å². The van der Waals surface area contributed by atoms with Crippen molar-refractivity contribution in [3.05, 3.63) is 0 Å². The van der Waals surface area contributed by atoms with Gasteiger partial charge in [0, 0.05) is 6.04 Å². The lowest BCUT2D eigenvalue weighted by atomic mass is 10.1. The molecule has 4 nitrogen and oxygen atoms in total. The lowest BCUT2D eigenvalue weighted by Crippen LogP contribution is -2.45. The van der Waals surface area contributed by atoms with Gasteiger partial charge in [-0.15, -0.1) is 0 Å². The molecule has 4 N–H and O–H groups in total. The number of nitrogens with two attached hydrogens (primary N) is 1. The normalized spacial score (nSPS) is 15.1. The molecular formula is C9H20N2O2. The summed E-state index contributed by atoms with van der Waals surface area (Å²) in [5.74, 6) is -0.171. The largest absolute Gasteiger partial charge is 0.394 e. The monoisotopic (exact) mass is 188 g/mol. The third-order valence-electron chi connectivity index (χ3n) is 1.87. The minimum absolute atomic E-state index is 0.0494. The molecule has 0 bridgehead atoms. The first kappa shape index (κ1) is 12.4. The Morgan fingerprint density at radius 2 is 2.23 bits per heavy atom. The second kappa shape index (κ2) is 6.86. The minimum atomic E-state index is -0.436. The summed E-state index contributed by atoms with van der Waals surface area (Å²) in [5.41, 5.74) is 5.61. The van der Waals surface area contributed by atoms with Crippen molar-refractivity contribution >= 4 is 5.91 Å². The molecule has 4 heteroatoms. The fourth-order valence-electron chi connectivity index (χ4n) is 0.951. The number of aliphatic hydroxyl groups excluding tert-OH is 1. The van der Waals surface area contributed by atoms with Crippen molar-refractivity contribution < 1.29 is 9.90 Å². The molecule has 0 aliphatic carbocycles. The predicted octanol–water partition coefficient (Wildman–Crippen LogP) is 0.000900. The maximum absolute atomic E-state index is 11.3. The molecule has 13 heavy (non-hydrogen) atoms. The Balaban J connectivity index is 3.68. The highest BCUT2D eigenvalue weighted by atomic mass is 16.3. The highest BCUT2D eigenvalue weighted by molar-refractivity contribution is 5.81. The molecule has 0 aliphatic rings. The number of carbonyl (C=O) groups is 1. The summed E-state index contributed by atoms with van der Waals surface area (Å²) < 4.78 is 0. The molecule has 0 aromatic heterocycles. The van der Waals surface area contributed by atoms with E-state index in [1.54, 1.807) is 6.92 Å². The molecule has 0 aliphatic heterocycles. The van der Waals surface area contributed by atoms with Crippen LogP contribution in [-0.4, -0.2) is 29.7 Å². The second-order valence-corrected chi connectivity index (χ2v) is 3.34. The zero-order chi connectivity index (χ0) is 10.3. The standard InChI is InChI=1S/C9H20N2O2/c1-3-4-5-8(10)9(13)11-7(2)6-12/h7-8,12H,3-6,10H2,1-2H3,(H,11,13)/t7-,8?/m0/s1. The van der Waals surface area contributed by atoms with Crippen LogP contribution >= 0.6 is 0 Å². The lowest BCUT2D eigenvalue weighted by Gasteiger charge is -2.15. The Hall–Kier alpha value is -0.610. The van der Waals surface area contributed by atoms with Gasteiger partial charge in [-0.3, -0.25) is 4.79 Å². The molecule has 0 fully saturated rings. The summed E-state index contributed by atoms with van der Waals surface area (Å²) >= 11 is 0. The van der Waals surface area contributed by atoms with Gasteiger partial charge in [-0.05, 0) is 13.3 Å². The molecule has 1 unspecified atom stereocenters. The van der Waals surface area contributed by atoms with Crippen molar-refractivity contribution in [2.75, 3.05) is 6.61 Å². The van der Waals surface area contributed by atoms with Crippen molar-refractivity contribution in [2.24, 2.45) is 5.73 Å². The fraction of sp³-hybridized carbons (Fsp3) is 0.889. The summed E-state index contributed by atoms with van der Waals surface area (Å²) in [6, 6.07) is -0.644. The Labute approximate surface area is 79.5 Å². The number of unbranched alkanes of at least 4 members (excludes halogenated alkanes) is 1. The van der Waals surface area contributed by atoms with Gasteiger partial charge in [-0.1, -0.05) is 19.8 Å². The number of rotatable bonds is 6. The van der Waals surface area contributed by atoms with E-state index < -0.39 is 6.04 Å². The van der Waals surface area contributed by atoms with Crippen LogP contribution in [0.15, 0.2) is 0 Å². The van der Waals surface area contributed by atoms with Crippen LogP contribution in [0.25, 0.3) is 0 Å². The van der Waals surface area contributed by atoms with Crippen LogP contribution in [0.5, 0.6) is 0 Å². The first-order valence-electron chi connectivity index (χ1n) is 4.78.